The second-order valence-corrected chi connectivity index (χ2v) is 8.33. The van der Waals surface area contributed by atoms with Gasteiger partial charge in [0.25, 0.3) is 5.56 Å². The topological polar surface area (TPSA) is 114 Å². The second kappa shape index (κ2) is 7.22. The lowest BCUT2D eigenvalue weighted by Gasteiger charge is -2.24. The number of hydrogen-bond donors (Lipinski definition) is 3. The Bertz CT molecular complexity index is 891. The van der Waals surface area contributed by atoms with Crippen molar-refractivity contribution in [3.05, 3.63) is 57.4 Å². The fourth-order valence-electron chi connectivity index (χ4n) is 2.93. The van der Waals surface area contributed by atoms with Crippen LogP contribution < -0.4 is 11.2 Å². The summed E-state index contributed by atoms with van der Waals surface area (Å²) in [6.45, 7) is -0.416. The van der Waals surface area contributed by atoms with E-state index in [1.54, 1.807) is 0 Å². The van der Waals surface area contributed by atoms with Crippen LogP contribution in [0.1, 0.15) is 6.23 Å². The molecule has 3 N–H and O–H groups in total. The maximum Gasteiger partial charge on any atom is 0.330 e. The summed E-state index contributed by atoms with van der Waals surface area (Å²) in [5.74, 6) is 0. The van der Waals surface area contributed by atoms with Crippen LogP contribution in [0.2, 0.25) is 0 Å². The van der Waals surface area contributed by atoms with Crippen molar-refractivity contribution < 1.29 is 19.7 Å². The van der Waals surface area contributed by atoms with E-state index in [0.717, 1.165) is 14.4 Å². The Balaban J connectivity index is 1.59. The predicted molar refractivity (Wildman–Crippen MR) is 95.1 cm³/mol. The first-order valence-corrected chi connectivity index (χ1v) is 9.66. The van der Waals surface area contributed by atoms with E-state index in [1.165, 1.54) is 35.8 Å². The number of thioether (sulfide) groups is 2. The molecule has 0 saturated carbocycles. The lowest BCUT2D eigenvalue weighted by Crippen LogP contribution is -2.40. The van der Waals surface area contributed by atoms with E-state index in [4.69, 9.17) is 9.47 Å². The van der Waals surface area contributed by atoms with Gasteiger partial charge in [0.15, 0.2) is 11.0 Å². The summed E-state index contributed by atoms with van der Waals surface area (Å²) >= 11 is 3.01. The first-order valence-electron chi connectivity index (χ1n) is 7.90. The Hall–Kier alpha value is -1.56. The summed E-state index contributed by atoms with van der Waals surface area (Å²) in [5.41, 5.74) is -1.20. The second-order valence-electron chi connectivity index (χ2n) is 5.83. The molecule has 138 valence electrons. The molecule has 1 aromatic carbocycles. The standard InChI is InChI=1S/C16H16N2O6S2/c19-7-8-12(21)13(14(23-8)18-6-5-11(20)17-15(18)22)24-16-25-9-3-1-2-4-10(9)26-16/h1-6,8,12-14,16,19,21H,7H2,(H,17,20,22)/t8-,12-,13-,14-/m1/s1. The van der Waals surface area contributed by atoms with Crippen molar-refractivity contribution in [2.75, 3.05) is 6.61 Å². The van der Waals surface area contributed by atoms with Crippen LogP contribution in [0.25, 0.3) is 0 Å². The Morgan fingerprint density at radius 1 is 1.19 bits per heavy atom. The van der Waals surface area contributed by atoms with Crippen LogP contribution in [-0.4, -0.2) is 49.5 Å². The van der Waals surface area contributed by atoms with Crippen molar-refractivity contribution in [1.29, 1.82) is 0 Å². The lowest BCUT2D eigenvalue weighted by molar-refractivity contribution is -0.0687. The van der Waals surface area contributed by atoms with Crippen LogP contribution in [0.15, 0.2) is 55.9 Å². The normalized spacial score (nSPS) is 28.4. The number of hydrogen-bond acceptors (Lipinski definition) is 8. The van der Waals surface area contributed by atoms with Gasteiger partial charge in [-0.25, -0.2) is 4.79 Å². The summed E-state index contributed by atoms with van der Waals surface area (Å²) in [6, 6.07) is 9.03. The number of aliphatic hydroxyl groups excluding tert-OH is 2. The number of rotatable bonds is 4. The maximum absolute atomic E-state index is 12.1. The molecule has 1 fully saturated rings. The van der Waals surface area contributed by atoms with Crippen LogP contribution in [0.3, 0.4) is 0 Å². The Kier molecular flexibility index (Phi) is 4.95. The molecule has 1 aromatic heterocycles. The number of ether oxygens (including phenoxy) is 2. The zero-order valence-corrected chi connectivity index (χ0v) is 15.0. The number of benzene rings is 1. The molecule has 0 amide bonds. The van der Waals surface area contributed by atoms with Gasteiger partial charge in [-0.3, -0.25) is 14.3 Å². The molecular weight excluding hydrogens is 380 g/mol. The molecule has 3 heterocycles. The molecule has 2 aliphatic rings. The van der Waals surface area contributed by atoms with E-state index < -0.39 is 42.4 Å². The van der Waals surface area contributed by atoms with Crippen LogP contribution in [0.4, 0.5) is 0 Å². The number of aliphatic hydroxyl groups is 2. The first kappa shape index (κ1) is 17.8. The Morgan fingerprint density at radius 2 is 1.88 bits per heavy atom. The fraction of sp³-hybridized carbons (Fsp3) is 0.375. The number of H-pyrrole nitrogens is 1. The van der Waals surface area contributed by atoms with Crippen molar-refractivity contribution in [2.24, 2.45) is 0 Å². The predicted octanol–water partition coefficient (Wildman–Crippen LogP) is 0.354. The average molecular weight is 396 g/mol. The highest BCUT2D eigenvalue weighted by atomic mass is 32.2. The van der Waals surface area contributed by atoms with Crippen LogP contribution >= 0.6 is 23.5 Å². The van der Waals surface area contributed by atoms with E-state index in [1.807, 2.05) is 24.3 Å². The minimum absolute atomic E-state index is 0.325. The molecule has 2 aliphatic heterocycles. The van der Waals surface area contributed by atoms with Crippen LogP contribution in [-0.2, 0) is 9.47 Å². The molecule has 0 aliphatic carbocycles. The molecule has 2 aromatic rings. The summed E-state index contributed by atoms with van der Waals surface area (Å²) in [4.78, 5) is 27.7. The smallest absolute Gasteiger partial charge is 0.330 e. The van der Waals surface area contributed by atoms with Gasteiger partial charge in [0.1, 0.15) is 18.3 Å². The number of fused-ring (bicyclic) bond motifs is 1. The van der Waals surface area contributed by atoms with Gasteiger partial charge in [-0.1, -0.05) is 35.7 Å². The third-order valence-corrected chi connectivity index (χ3v) is 6.72. The molecule has 4 atom stereocenters. The van der Waals surface area contributed by atoms with E-state index in [-0.39, 0.29) is 4.77 Å². The molecule has 1 saturated heterocycles. The lowest BCUT2D eigenvalue weighted by atomic mass is 10.1. The molecule has 10 heteroatoms. The number of aromatic amines is 1. The minimum Gasteiger partial charge on any atom is -0.394 e. The van der Waals surface area contributed by atoms with E-state index in [9.17, 15) is 19.8 Å². The maximum atomic E-state index is 12.1. The van der Waals surface area contributed by atoms with Gasteiger partial charge in [-0.05, 0) is 12.1 Å². The average Bonchev–Trinajstić information content (AvgIpc) is 3.17. The molecular formula is C16H16N2O6S2. The molecule has 0 radical (unpaired) electrons. The largest absolute Gasteiger partial charge is 0.394 e. The number of nitrogens with one attached hydrogen (secondary N) is 1. The van der Waals surface area contributed by atoms with Gasteiger partial charge in [0.2, 0.25) is 0 Å². The molecule has 0 bridgehead atoms. The highest BCUT2D eigenvalue weighted by Crippen LogP contribution is 2.49. The fourth-order valence-corrected chi connectivity index (χ4v) is 5.50. The van der Waals surface area contributed by atoms with E-state index in [2.05, 4.69) is 4.98 Å². The third-order valence-electron chi connectivity index (χ3n) is 4.18. The van der Waals surface area contributed by atoms with Crippen molar-refractivity contribution >= 4 is 23.5 Å². The summed E-state index contributed by atoms with van der Waals surface area (Å²) in [6.07, 6.45) is -2.55. The van der Waals surface area contributed by atoms with Crippen LogP contribution in [0.5, 0.6) is 0 Å². The molecule has 26 heavy (non-hydrogen) atoms. The quantitative estimate of drug-likeness (QED) is 0.679. The molecule has 4 rings (SSSR count). The monoisotopic (exact) mass is 396 g/mol. The van der Waals surface area contributed by atoms with Crippen LogP contribution in [0, 0.1) is 0 Å². The van der Waals surface area contributed by atoms with Crippen molar-refractivity contribution in [1.82, 2.24) is 9.55 Å². The highest BCUT2D eigenvalue weighted by molar-refractivity contribution is 8.19. The van der Waals surface area contributed by atoms with Gasteiger partial charge in [-0.15, -0.1) is 0 Å². The summed E-state index contributed by atoms with van der Waals surface area (Å²) < 4.78 is 12.5. The Labute approximate surface area is 156 Å². The summed E-state index contributed by atoms with van der Waals surface area (Å²) in [5, 5.41) is 19.9. The minimum atomic E-state index is -1.12. The molecule has 0 unspecified atom stereocenters. The van der Waals surface area contributed by atoms with Gasteiger partial charge in [0.05, 0.1) is 6.61 Å². The molecule has 8 nitrogen and oxygen atoms in total. The summed E-state index contributed by atoms with van der Waals surface area (Å²) in [7, 11) is 0. The zero-order valence-electron chi connectivity index (χ0n) is 13.3. The number of aromatic nitrogens is 2. The molecule has 0 spiro atoms. The zero-order chi connectivity index (χ0) is 18.3. The SMILES string of the molecule is O=c1ccn([C@@H]2O[C@H](CO)[C@@H](O)[C@H]2OC2Sc3ccccc3S2)c(=O)[nH]1. The van der Waals surface area contributed by atoms with Crippen molar-refractivity contribution in [3.8, 4) is 0 Å². The van der Waals surface area contributed by atoms with Gasteiger partial charge in [0, 0.05) is 22.1 Å². The van der Waals surface area contributed by atoms with Crippen molar-refractivity contribution in [3.63, 3.8) is 0 Å². The highest BCUT2D eigenvalue weighted by Gasteiger charge is 2.47. The van der Waals surface area contributed by atoms with E-state index >= 15 is 0 Å². The number of nitrogens with zero attached hydrogens (tertiary/aromatic N) is 1. The first-order chi connectivity index (χ1) is 12.6. The Morgan fingerprint density at radius 3 is 2.50 bits per heavy atom. The van der Waals surface area contributed by atoms with Gasteiger partial charge >= 0.3 is 5.69 Å². The third kappa shape index (κ3) is 3.24. The van der Waals surface area contributed by atoms with Gasteiger partial charge < -0.3 is 19.7 Å². The van der Waals surface area contributed by atoms with Crippen molar-refractivity contribution in [2.45, 2.75) is 39.1 Å². The van der Waals surface area contributed by atoms with E-state index in [0.29, 0.717) is 0 Å². The van der Waals surface area contributed by atoms with Gasteiger partial charge in [-0.2, -0.15) is 0 Å².